The molecule has 0 spiro atoms. The van der Waals surface area contributed by atoms with Crippen molar-refractivity contribution in [1.82, 2.24) is 9.97 Å². The first-order valence-electron chi connectivity index (χ1n) is 10.7. The summed E-state index contributed by atoms with van der Waals surface area (Å²) in [5, 5.41) is 6.24. The highest BCUT2D eigenvalue weighted by atomic mass is 35.5. The number of anilines is 3. The molecule has 1 saturated heterocycles. The molecule has 12 heteroatoms. The molecule has 10 nitrogen and oxygen atoms in total. The van der Waals surface area contributed by atoms with Crippen molar-refractivity contribution in [1.29, 1.82) is 0 Å². The number of amides is 2. The van der Waals surface area contributed by atoms with Gasteiger partial charge in [-0.2, -0.15) is 0 Å². The van der Waals surface area contributed by atoms with Crippen molar-refractivity contribution in [3.63, 3.8) is 0 Å². The lowest BCUT2D eigenvalue weighted by atomic mass is 9.97. The Hall–Kier alpha value is -3.70. The number of pyridine rings is 2. The Morgan fingerprint density at radius 2 is 2.06 bits per heavy atom. The summed E-state index contributed by atoms with van der Waals surface area (Å²) >= 11 is 0. The van der Waals surface area contributed by atoms with E-state index in [9.17, 15) is 9.59 Å². The number of nitrogens with two attached hydrogens (primary N) is 1. The summed E-state index contributed by atoms with van der Waals surface area (Å²) in [6, 6.07) is 3.17. The smallest absolute Gasteiger partial charge is 0.413 e. The van der Waals surface area contributed by atoms with Gasteiger partial charge >= 0.3 is 6.09 Å². The fourth-order valence-electron chi connectivity index (χ4n) is 4.04. The predicted molar refractivity (Wildman–Crippen MR) is 129 cm³/mol. The molecule has 0 unspecified atom stereocenters. The predicted octanol–water partition coefficient (Wildman–Crippen LogP) is 3.66. The highest BCUT2D eigenvalue weighted by Crippen LogP contribution is 2.39. The van der Waals surface area contributed by atoms with Gasteiger partial charge in [0, 0.05) is 34.8 Å². The van der Waals surface area contributed by atoms with E-state index >= 15 is 4.39 Å². The van der Waals surface area contributed by atoms with Gasteiger partial charge in [-0.15, -0.1) is 12.4 Å². The van der Waals surface area contributed by atoms with Crippen molar-refractivity contribution < 1.29 is 28.2 Å². The summed E-state index contributed by atoms with van der Waals surface area (Å²) in [6.45, 7) is 4.42. The maximum Gasteiger partial charge on any atom is 0.413 e. The van der Waals surface area contributed by atoms with Crippen molar-refractivity contribution >= 4 is 52.4 Å². The molecule has 184 valence electrons. The van der Waals surface area contributed by atoms with Gasteiger partial charge in [0.25, 0.3) is 5.91 Å². The molecule has 35 heavy (non-hydrogen) atoms. The molecule has 0 bridgehead atoms. The third-order valence-corrected chi connectivity index (χ3v) is 5.98. The lowest BCUT2D eigenvalue weighted by Gasteiger charge is -2.21. The number of aromatic nitrogens is 2. The molecule has 2 aromatic heterocycles. The van der Waals surface area contributed by atoms with Crippen LogP contribution in [0.1, 0.15) is 12.5 Å². The molecule has 5 rings (SSSR count). The molecule has 1 aromatic carbocycles. The maximum atomic E-state index is 15.3. The van der Waals surface area contributed by atoms with Gasteiger partial charge in [-0.1, -0.05) is 6.92 Å². The van der Waals surface area contributed by atoms with E-state index in [0.717, 1.165) is 0 Å². The van der Waals surface area contributed by atoms with E-state index in [1.54, 1.807) is 19.1 Å². The first-order valence-corrected chi connectivity index (χ1v) is 10.7. The summed E-state index contributed by atoms with van der Waals surface area (Å²) in [5.41, 5.74) is 7.59. The number of ether oxygens (including phenoxy) is 3. The zero-order valence-corrected chi connectivity index (χ0v) is 19.7. The Bertz CT molecular complexity index is 1340. The zero-order valence-electron chi connectivity index (χ0n) is 18.9. The van der Waals surface area contributed by atoms with Crippen LogP contribution in [0.2, 0.25) is 0 Å². The number of carbonyl (C=O) groups excluding carboxylic acids is 2. The van der Waals surface area contributed by atoms with Crippen LogP contribution in [0, 0.1) is 18.7 Å². The van der Waals surface area contributed by atoms with Crippen LogP contribution < -0.4 is 21.1 Å². The highest BCUT2D eigenvalue weighted by molar-refractivity contribution is 6.01. The molecule has 2 aliphatic rings. The Morgan fingerprint density at radius 1 is 1.26 bits per heavy atom. The largest absolute Gasteiger partial charge is 0.466 e. The number of nitrogens with one attached hydrogen (secondary N) is 2. The number of fused-ring (bicyclic) bond motifs is 2. The van der Waals surface area contributed by atoms with Crippen LogP contribution in [0.4, 0.5) is 26.4 Å². The molecule has 2 amide bonds. The SMILES string of the molecule is Cc1c(-c2cc3cc(NC(=O)O[C@@H]4COC[C@H]4C)ncc3c(N)c2F)cnc2c1NC(=O)CO2.Cl. The first kappa shape index (κ1) is 24.4. The van der Waals surface area contributed by atoms with Crippen molar-refractivity contribution in [2.24, 2.45) is 5.92 Å². The van der Waals surface area contributed by atoms with Crippen molar-refractivity contribution in [3.05, 3.63) is 35.9 Å². The van der Waals surface area contributed by atoms with Crippen LogP contribution in [-0.2, 0) is 14.3 Å². The summed E-state index contributed by atoms with van der Waals surface area (Å²) < 4.78 is 31.3. The Kier molecular flexibility index (Phi) is 6.64. The standard InChI is InChI=1S/C23H22FN5O5.ClH/c1-10-7-32-8-16(10)34-23(31)28-17-4-12-3-13(19(24)20(25)15(12)6-26-17)14-5-27-22-21(11(14)2)29-18(30)9-33-22;/h3-6,10,16H,7-9,25H2,1-2H3,(H,29,30)(H,26,28,31);1H/t10-,16-;/m1./s1. The summed E-state index contributed by atoms with van der Waals surface area (Å²) in [4.78, 5) is 32.4. The molecule has 4 N–H and O–H groups in total. The quantitative estimate of drug-likeness (QED) is 0.460. The Morgan fingerprint density at radius 3 is 2.80 bits per heavy atom. The van der Waals surface area contributed by atoms with E-state index in [4.69, 9.17) is 19.9 Å². The van der Waals surface area contributed by atoms with Gasteiger partial charge in [-0.3, -0.25) is 10.1 Å². The number of hydrogen-bond donors (Lipinski definition) is 3. The van der Waals surface area contributed by atoms with E-state index in [1.807, 2.05) is 6.92 Å². The second kappa shape index (κ2) is 9.51. The third kappa shape index (κ3) is 4.52. The van der Waals surface area contributed by atoms with Gasteiger partial charge in [-0.25, -0.2) is 19.2 Å². The Balaban J connectivity index is 0.00000289. The second-order valence-corrected chi connectivity index (χ2v) is 8.34. The number of benzene rings is 1. The van der Waals surface area contributed by atoms with Crippen molar-refractivity contribution in [2.75, 3.05) is 36.2 Å². The molecule has 4 heterocycles. The van der Waals surface area contributed by atoms with Crippen LogP contribution in [0.5, 0.6) is 5.88 Å². The number of nitrogen functional groups attached to an aromatic ring is 1. The summed E-state index contributed by atoms with van der Waals surface area (Å²) in [5.74, 6) is -0.365. The number of halogens is 2. The molecule has 0 aliphatic carbocycles. The minimum atomic E-state index is -0.657. The maximum absolute atomic E-state index is 15.3. The first-order chi connectivity index (χ1) is 16.3. The lowest BCUT2D eigenvalue weighted by Crippen LogP contribution is -2.27. The fraction of sp³-hybridized carbons (Fsp3) is 0.304. The van der Waals surface area contributed by atoms with Crippen LogP contribution >= 0.6 is 12.4 Å². The fourth-order valence-corrected chi connectivity index (χ4v) is 4.04. The molecule has 0 saturated carbocycles. The summed E-state index contributed by atoms with van der Waals surface area (Å²) in [7, 11) is 0. The number of hydrogen-bond acceptors (Lipinski definition) is 8. The van der Waals surface area contributed by atoms with E-state index in [0.29, 0.717) is 40.8 Å². The minimum absolute atomic E-state index is 0. The van der Waals surface area contributed by atoms with Gasteiger partial charge < -0.3 is 25.3 Å². The van der Waals surface area contributed by atoms with E-state index < -0.39 is 11.9 Å². The lowest BCUT2D eigenvalue weighted by molar-refractivity contribution is -0.118. The molecule has 2 aliphatic heterocycles. The molecular formula is C23H23ClFN5O5. The van der Waals surface area contributed by atoms with Gasteiger partial charge in [0.05, 0.1) is 18.9 Å². The average molecular weight is 504 g/mol. The van der Waals surface area contributed by atoms with Crippen LogP contribution in [0.3, 0.4) is 0 Å². The van der Waals surface area contributed by atoms with Crippen LogP contribution in [0.25, 0.3) is 21.9 Å². The number of rotatable bonds is 3. The van der Waals surface area contributed by atoms with Gasteiger partial charge in [0.1, 0.15) is 17.6 Å². The molecule has 0 radical (unpaired) electrons. The monoisotopic (exact) mass is 503 g/mol. The summed E-state index contributed by atoms with van der Waals surface area (Å²) in [6.07, 6.45) is 1.87. The van der Waals surface area contributed by atoms with Gasteiger partial charge in [-0.05, 0) is 30.0 Å². The topological polar surface area (TPSA) is 138 Å². The molecule has 2 atom stereocenters. The average Bonchev–Trinajstić information content (AvgIpc) is 3.21. The number of nitrogens with zero attached hydrogens (tertiary/aromatic N) is 2. The van der Waals surface area contributed by atoms with E-state index in [-0.39, 0.29) is 59.9 Å². The molecular weight excluding hydrogens is 481 g/mol. The van der Waals surface area contributed by atoms with Gasteiger partial charge in [0.15, 0.2) is 12.4 Å². The zero-order chi connectivity index (χ0) is 24.0. The highest BCUT2D eigenvalue weighted by Gasteiger charge is 2.28. The minimum Gasteiger partial charge on any atom is -0.466 e. The van der Waals surface area contributed by atoms with Crippen molar-refractivity contribution in [2.45, 2.75) is 20.0 Å². The van der Waals surface area contributed by atoms with Crippen LogP contribution in [0.15, 0.2) is 24.5 Å². The second-order valence-electron chi connectivity index (χ2n) is 8.34. The van der Waals surface area contributed by atoms with Crippen LogP contribution in [-0.4, -0.2) is 47.9 Å². The third-order valence-electron chi connectivity index (χ3n) is 5.98. The van der Waals surface area contributed by atoms with Crippen molar-refractivity contribution in [3.8, 4) is 17.0 Å². The molecule has 3 aromatic rings. The molecule has 1 fully saturated rings. The normalized spacial score (nSPS) is 18.8. The van der Waals surface area contributed by atoms with Gasteiger partial charge in [0.2, 0.25) is 5.88 Å². The Labute approximate surface area is 205 Å². The van der Waals surface area contributed by atoms with E-state index in [1.165, 1.54) is 12.4 Å². The number of carbonyl (C=O) groups is 2. The van der Waals surface area contributed by atoms with E-state index in [2.05, 4.69) is 20.6 Å².